The van der Waals surface area contributed by atoms with Crippen molar-refractivity contribution in [3.05, 3.63) is 29.6 Å². The summed E-state index contributed by atoms with van der Waals surface area (Å²) in [4.78, 5) is 18.1. The number of hydrogen-bond acceptors (Lipinski definition) is 6. The second-order valence-corrected chi connectivity index (χ2v) is 6.19. The highest BCUT2D eigenvalue weighted by molar-refractivity contribution is 6.20. The Hall–Kier alpha value is -2.67. The van der Waals surface area contributed by atoms with Crippen LogP contribution in [0.15, 0.2) is 23.3 Å². The van der Waals surface area contributed by atoms with Crippen molar-refractivity contribution in [1.29, 1.82) is 0 Å². The van der Waals surface area contributed by atoms with Gasteiger partial charge in [-0.1, -0.05) is 0 Å². The molecule has 4 heterocycles. The van der Waals surface area contributed by atoms with E-state index in [0.717, 1.165) is 24.2 Å². The van der Waals surface area contributed by atoms with E-state index in [4.69, 9.17) is 4.74 Å². The fourth-order valence-electron chi connectivity index (χ4n) is 3.16. The van der Waals surface area contributed by atoms with Gasteiger partial charge in [-0.15, -0.1) is 0 Å². The van der Waals surface area contributed by atoms with E-state index >= 15 is 0 Å². The van der Waals surface area contributed by atoms with E-state index in [0.29, 0.717) is 17.5 Å². The Bertz CT molecular complexity index is 816. The summed E-state index contributed by atoms with van der Waals surface area (Å²) in [5, 5.41) is 10.2. The summed E-state index contributed by atoms with van der Waals surface area (Å²) in [7, 11) is 0. The quantitative estimate of drug-likeness (QED) is 0.885. The number of aromatic hydroxyl groups is 1. The van der Waals surface area contributed by atoms with Crippen LogP contribution < -0.4 is 4.90 Å². The Morgan fingerprint density at radius 3 is 2.92 bits per heavy atom. The molecular formula is C17H19N5O2. The summed E-state index contributed by atoms with van der Waals surface area (Å²) in [6, 6.07) is 3.83. The third-order valence-electron chi connectivity index (χ3n) is 4.14. The van der Waals surface area contributed by atoms with Gasteiger partial charge in [0.1, 0.15) is 5.69 Å². The normalized spacial score (nSPS) is 24.6. The largest absolute Gasteiger partial charge is 0.492 e. The van der Waals surface area contributed by atoms with Gasteiger partial charge in [0.15, 0.2) is 5.82 Å². The van der Waals surface area contributed by atoms with E-state index < -0.39 is 0 Å². The average molecular weight is 325 g/mol. The fourth-order valence-corrected chi connectivity index (χ4v) is 3.16. The van der Waals surface area contributed by atoms with Crippen molar-refractivity contribution in [3.63, 3.8) is 0 Å². The number of imidazole rings is 1. The van der Waals surface area contributed by atoms with Gasteiger partial charge in [-0.2, -0.15) is 4.98 Å². The van der Waals surface area contributed by atoms with Crippen LogP contribution in [0, 0.1) is 0 Å². The standard InChI is InChI=1S/C17H19N5O2/c1-10-8-22(9-11(2)24-10)17-20-14(16(23)21-17)6-12-7-19-15-13(12)4-3-5-18-15/h3-7,10-11,23H,8-9H2,1-2H3,(H,20,21). The summed E-state index contributed by atoms with van der Waals surface area (Å²) < 4.78 is 5.74. The third kappa shape index (κ3) is 2.67. The number of nitrogens with zero attached hydrogens (tertiary/aromatic N) is 4. The molecule has 0 aliphatic carbocycles. The first-order valence-corrected chi connectivity index (χ1v) is 8.00. The zero-order chi connectivity index (χ0) is 16.7. The number of morpholine rings is 1. The van der Waals surface area contributed by atoms with Gasteiger partial charge in [-0.05, 0) is 32.1 Å². The van der Waals surface area contributed by atoms with Crippen LogP contribution in [0.5, 0.6) is 5.88 Å². The first kappa shape index (κ1) is 14.9. The third-order valence-corrected chi connectivity index (χ3v) is 4.14. The second-order valence-electron chi connectivity index (χ2n) is 6.19. The molecule has 24 heavy (non-hydrogen) atoms. The molecule has 2 atom stereocenters. The van der Waals surface area contributed by atoms with Crippen molar-refractivity contribution in [1.82, 2.24) is 15.0 Å². The molecule has 4 rings (SSSR count). The summed E-state index contributed by atoms with van der Waals surface area (Å²) in [6.45, 7) is 5.55. The molecule has 0 aromatic carbocycles. The van der Waals surface area contributed by atoms with Gasteiger partial charge in [-0.3, -0.25) is 0 Å². The van der Waals surface area contributed by atoms with Gasteiger partial charge in [0, 0.05) is 36.6 Å². The number of ether oxygens (including phenoxy) is 1. The summed E-state index contributed by atoms with van der Waals surface area (Å²) in [5.41, 5.74) is 2.41. The molecule has 0 radical (unpaired) electrons. The number of rotatable bonds is 2. The van der Waals surface area contributed by atoms with Crippen LogP contribution in [-0.4, -0.2) is 51.6 Å². The number of nitrogens with one attached hydrogen (secondary N) is 1. The Morgan fingerprint density at radius 2 is 2.12 bits per heavy atom. The maximum Gasteiger partial charge on any atom is 0.238 e. The van der Waals surface area contributed by atoms with E-state index in [1.54, 1.807) is 12.4 Å². The fraction of sp³-hybridized carbons (Fsp3) is 0.353. The first-order chi connectivity index (χ1) is 11.6. The summed E-state index contributed by atoms with van der Waals surface area (Å²) in [6.07, 6.45) is 5.56. The molecule has 7 heteroatoms. The molecule has 0 spiro atoms. The number of fused-ring (bicyclic) bond motifs is 1. The van der Waals surface area contributed by atoms with Crippen LogP contribution in [-0.2, 0) is 4.74 Å². The molecule has 124 valence electrons. The zero-order valence-corrected chi connectivity index (χ0v) is 13.6. The van der Waals surface area contributed by atoms with Gasteiger partial charge in [0.25, 0.3) is 0 Å². The lowest BCUT2D eigenvalue weighted by Gasteiger charge is -2.35. The molecule has 2 aromatic heterocycles. The van der Waals surface area contributed by atoms with Crippen molar-refractivity contribution in [2.45, 2.75) is 26.1 Å². The Morgan fingerprint density at radius 1 is 1.33 bits per heavy atom. The van der Waals surface area contributed by atoms with Crippen molar-refractivity contribution in [2.75, 3.05) is 18.0 Å². The number of H-pyrrole nitrogens is 1. The molecule has 2 aliphatic rings. The van der Waals surface area contributed by atoms with Crippen LogP contribution in [0.25, 0.3) is 11.6 Å². The maximum absolute atomic E-state index is 10.2. The first-order valence-electron chi connectivity index (χ1n) is 8.00. The van der Waals surface area contributed by atoms with Gasteiger partial charge in [0.05, 0.1) is 12.2 Å². The number of hydrogen-bond donors (Lipinski definition) is 2. The highest BCUT2D eigenvalue weighted by atomic mass is 16.5. The van der Waals surface area contributed by atoms with Crippen LogP contribution in [0.3, 0.4) is 0 Å². The molecule has 1 saturated heterocycles. The van der Waals surface area contributed by atoms with Gasteiger partial charge >= 0.3 is 0 Å². The number of aromatic amines is 1. The van der Waals surface area contributed by atoms with E-state index in [-0.39, 0.29) is 18.1 Å². The van der Waals surface area contributed by atoms with Gasteiger partial charge < -0.3 is 19.7 Å². The van der Waals surface area contributed by atoms with Crippen LogP contribution in [0.1, 0.15) is 25.1 Å². The predicted octanol–water partition coefficient (Wildman–Crippen LogP) is 2.38. The number of aromatic nitrogens is 3. The molecule has 2 N–H and O–H groups in total. The maximum atomic E-state index is 10.2. The molecule has 1 fully saturated rings. The average Bonchev–Trinajstić information content (AvgIpc) is 3.12. The van der Waals surface area contributed by atoms with E-state index in [1.165, 1.54) is 0 Å². The molecular weight excluding hydrogens is 306 g/mol. The molecule has 0 bridgehead atoms. The SMILES string of the molecule is CC1CN(c2nc(O)c(C=C3C=Nc4ncccc43)[nH]2)CC(C)O1. The second kappa shape index (κ2) is 5.76. The summed E-state index contributed by atoms with van der Waals surface area (Å²) >= 11 is 0. The van der Waals surface area contributed by atoms with Crippen LogP contribution in [0.4, 0.5) is 11.8 Å². The van der Waals surface area contributed by atoms with Crippen LogP contribution >= 0.6 is 0 Å². The lowest BCUT2D eigenvalue weighted by molar-refractivity contribution is -0.00569. The molecule has 2 unspecified atom stereocenters. The molecule has 0 amide bonds. The highest BCUT2D eigenvalue weighted by Gasteiger charge is 2.25. The molecule has 0 saturated carbocycles. The summed E-state index contributed by atoms with van der Waals surface area (Å²) in [5.74, 6) is 1.33. The number of aliphatic imine (C=N–C) groups is 1. The Labute approximate surface area is 139 Å². The number of anilines is 1. The van der Waals surface area contributed by atoms with E-state index in [9.17, 15) is 5.11 Å². The van der Waals surface area contributed by atoms with Crippen LogP contribution in [0.2, 0.25) is 0 Å². The molecule has 7 nitrogen and oxygen atoms in total. The lowest BCUT2D eigenvalue weighted by atomic mass is 10.1. The Balaban J connectivity index is 1.63. The van der Waals surface area contributed by atoms with Gasteiger partial charge in [-0.25, -0.2) is 9.98 Å². The van der Waals surface area contributed by atoms with E-state index in [1.807, 2.05) is 32.1 Å². The minimum atomic E-state index is -0.0185. The molecule has 2 aliphatic heterocycles. The topological polar surface area (TPSA) is 86.6 Å². The number of pyridine rings is 1. The van der Waals surface area contributed by atoms with Crippen molar-refractivity contribution >= 4 is 29.6 Å². The van der Waals surface area contributed by atoms with Crippen molar-refractivity contribution in [3.8, 4) is 5.88 Å². The predicted molar refractivity (Wildman–Crippen MR) is 92.7 cm³/mol. The smallest absolute Gasteiger partial charge is 0.238 e. The van der Waals surface area contributed by atoms with Crippen molar-refractivity contribution in [2.24, 2.45) is 4.99 Å². The minimum absolute atomic E-state index is 0.0185. The number of allylic oxidation sites excluding steroid dienone is 1. The molecule has 2 aromatic rings. The van der Waals surface area contributed by atoms with E-state index in [2.05, 4.69) is 24.8 Å². The highest BCUT2D eigenvalue weighted by Crippen LogP contribution is 2.32. The Kier molecular flexibility index (Phi) is 3.57. The minimum Gasteiger partial charge on any atom is -0.492 e. The lowest BCUT2D eigenvalue weighted by Crippen LogP contribution is -2.46. The zero-order valence-electron chi connectivity index (χ0n) is 13.6. The monoisotopic (exact) mass is 325 g/mol. The van der Waals surface area contributed by atoms with Crippen molar-refractivity contribution < 1.29 is 9.84 Å². The van der Waals surface area contributed by atoms with Gasteiger partial charge in [0.2, 0.25) is 11.8 Å².